The molecule has 1 aromatic rings. The van der Waals surface area contributed by atoms with E-state index in [4.69, 9.17) is 0 Å². The van der Waals surface area contributed by atoms with Crippen LogP contribution in [-0.4, -0.2) is 37.0 Å². The molecule has 1 unspecified atom stereocenters. The molecular weight excluding hydrogens is 410 g/mol. The first kappa shape index (κ1) is 16.4. The van der Waals surface area contributed by atoms with Gasteiger partial charge in [0.15, 0.2) is 0 Å². The molecule has 112 valence electrons. The van der Waals surface area contributed by atoms with Gasteiger partial charge in [0.25, 0.3) is 0 Å². The zero-order valence-corrected chi connectivity index (χ0v) is 14.9. The summed E-state index contributed by atoms with van der Waals surface area (Å²) in [4.78, 5) is 0.243. The van der Waals surface area contributed by atoms with Gasteiger partial charge in [-0.05, 0) is 47.0 Å². The van der Waals surface area contributed by atoms with Crippen molar-refractivity contribution in [2.24, 2.45) is 0 Å². The Balaban J connectivity index is 2.44. The van der Waals surface area contributed by atoms with Gasteiger partial charge in [-0.3, -0.25) is 0 Å². The van der Waals surface area contributed by atoms with Crippen LogP contribution in [0.4, 0.5) is 0 Å². The van der Waals surface area contributed by atoms with Crippen molar-refractivity contribution in [3.63, 3.8) is 0 Å². The van der Waals surface area contributed by atoms with E-state index in [2.05, 4.69) is 31.9 Å². The van der Waals surface area contributed by atoms with Crippen LogP contribution in [0, 0.1) is 0 Å². The van der Waals surface area contributed by atoms with Crippen LogP contribution in [-0.2, 0) is 10.0 Å². The molecule has 1 saturated heterocycles. The second kappa shape index (κ2) is 6.87. The maximum atomic E-state index is 12.8. The minimum Gasteiger partial charge on any atom is -0.395 e. The van der Waals surface area contributed by atoms with Crippen molar-refractivity contribution in [3.05, 3.63) is 27.1 Å². The molecule has 1 atom stereocenters. The molecule has 0 spiro atoms. The van der Waals surface area contributed by atoms with Gasteiger partial charge in [-0.15, -0.1) is 0 Å². The minimum atomic E-state index is -3.60. The van der Waals surface area contributed by atoms with Gasteiger partial charge in [0.2, 0.25) is 10.0 Å². The number of halogens is 2. The Morgan fingerprint density at radius 1 is 1.25 bits per heavy atom. The molecule has 1 aliphatic heterocycles. The Morgan fingerprint density at radius 2 is 2.00 bits per heavy atom. The average Bonchev–Trinajstić information content (AvgIpc) is 2.66. The topological polar surface area (TPSA) is 57.6 Å². The second-order valence-electron chi connectivity index (χ2n) is 4.88. The van der Waals surface area contributed by atoms with Crippen LogP contribution >= 0.6 is 31.9 Å². The standard InChI is InChI=1S/C13H17Br2NO3S/c14-10-5-6-12(15)13(8-10)20(18,19)16-7-3-1-2-4-11(16)9-17/h5-6,8,11,17H,1-4,7,9H2. The molecule has 0 bridgehead atoms. The predicted molar refractivity (Wildman–Crippen MR) is 85.1 cm³/mol. The SMILES string of the molecule is O=S(=O)(c1cc(Br)ccc1Br)N1CCCCCC1CO. The third kappa shape index (κ3) is 3.44. The van der Waals surface area contributed by atoms with E-state index >= 15 is 0 Å². The summed E-state index contributed by atoms with van der Waals surface area (Å²) in [6, 6.07) is 4.77. The molecule has 7 heteroatoms. The highest BCUT2D eigenvalue weighted by molar-refractivity contribution is 9.11. The Kier molecular flexibility index (Phi) is 5.64. The number of hydrogen-bond acceptors (Lipinski definition) is 3. The van der Waals surface area contributed by atoms with Gasteiger partial charge in [-0.1, -0.05) is 28.8 Å². The highest BCUT2D eigenvalue weighted by Gasteiger charge is 2.33. The van der Waals surface area contributed by atoms with Crippen molar-refractivity contribution in [2.45, 2.75) is 36.6 Å². The van der Waals surface area contributed by atoms with Crippen molar-refractivity contribution in [1.82, 2.24) is 4.31 Å². The molecule has 0 saturated carbocycles. The summed E-state index contributed by atoms with van der Waals surface area (Å²) in [6.45, 7) is 0.331. The van der Waals surface area contributed by atoms with Crippen LogP contribution in [0.25, 0.3) is 0 Å². The van der Waals surface area contributed by atoms with E-state index in [0.717, 1.165) is 23.7 Å². The van der Waals surface area contributed by atoms with Crippen molar-refractivity contribution >= 4 is 41.9 Å². The molecule has 0 amide bonds. The Morgan fingerprint density at radius 3 is 2.70 bits per heavy atom. The summed E-state index contributed by atoms with van der Waals surface area (Å²) >= 11 is 6.61. The predicted octanol–water partition coefficient (Wildman–Crippen LogP) is 3.14. The number of aliphatic hydroxyl groups excluding tert-OH is 1. The normalized spacial score (nSPS) is 21.6. The molecule has 1 aromatic carbocycles. The van der Waals surface area contributed by atoms with E-state index in [1.54, 1.807) is 18.2 Å². The first-order valence-corrected chi connectivity index (χ1v) is 9.57. The summed E-state index contributed by atoms with van der Waals surface area (Å²) in [5, 5.41) is 9.49. The van der Waals surface area contributed by atoms with Gasteiger partial charge < -0.3 is 5.11 Å². The van der Waals surface area contributed by atoms with E-state index in [-0.39, 0.29) is 17.5 Å². The van der Waals surface area contributed by atoms with E-state index in [1.165, 1.54) is 4.31 Å². The average molecular weight is 427 g/mol. The van der Waals surface area contributed by atoms with Crippen LogP contribution in [0.2, 0.25) is 0 Å². The third-order valence-corrected chi connectivity index (χ3v) is 6.95. The summed E-state index contributed by atoms with van der Waals surface area (Å²) < 4.78 is 28.4. The maximum absolute atomic E-state index is 12.8. The molecule has 0 aromatic heterocycles. The minimum absolute atomic E-state index is 0.134. The Bertz CT molecular complexity index is 577. The summed E-state index contributed by atoms with van der Waals surface area (Å²) in [6.07, 6.45) is 3.50. The van der Waals surface area contributed by atoms with Gasteiger partial charge >= 0.3 is 0 Å². The largest absolute Gasteiger partial charge is 0.395 e. The van der Waals surface area contributed by atoms with Crippen LogP contribution in [0.5, 0.6) is 0 Å². The number of hydrogen-bond donors (Lipinski definition) is 1. The number of aliphatic hydroxyl groups is 1. The van der Waals surface area contributed by atoms with E-state index < -0.39 is 10.0 Å². The fourth-order valence-electron chi connectivity index (χ4n) is 2.45. The Hall–Kier alpha value is 0.0500. The monoisotopic (exact) mass is 425 g/mol. The van der Waals surface area contributed by atoms with Crippen molar-refractivity contribution in [2.75, 3.05) is 13.2 Å². The van der Waals surface area contributed by atoms with Crippen LogP contribution in [0.15, 0.2) is 32.0 Å². The number of nitrogens with zero attached hydrogens (tertiary/aromatic N) is 1. The zero-order chi connectivity index (χ0) is 14.8. The van der Waals surface area contributed by atoms with Gasteiger partial charge in [0.1, 0.15) is 0 Å². The molecule has 20 heavy (non-hydrogen) atoms. The molecule has 0 aliphatic carbocycles. The molecule has 1 N–H and O–H groups in total. The first-order chi connectivity index (χ1) is 9.46. The fraction of sp³-hybridized carbons (Fsp3) is 0.538. The quantitative estimate of drug-likeness (QED) is 0.807. The van der Waals surface area contributed by atoms with Crippen LogP contribution < -0.4 is 0 Å². The lowest BCUT2D eigenvalue weighted by atomic mass is 10.1. The molecule has 2 rings (SSSR count). The number of benzene rings is 1. The molecule has 1 fully saturated rings. The van der Waals surface area contributed by atoms with Gasteiger partial charge in [-0.2, -0.15) is 4.31 Å². The highest BCUT2D eigenvalue weighted by atomic mass is 79.9. The van der Waals surface area contributed by atoms with E-state index in [0.29, 0.717) is 17.4 Å². The first-order valence-electron chi connectivity index (χ1n) is 6.54. The molecular formula is C13H17Br2NO3S. The number of rotatable bonds is 3. The third-order valence-electron chi connectivity index (χ3n) is 3.51. The highest BCUT2D eigenvalue weighted by Crippen LogP contribution is 2.31. The van der Waals surface area contributed by atoms with Crippen molar-refractivity contribution in [1.29, 1.82) is 0 Å². The Labute approximate surface area is 136 Å². The lowest BCUT2D eigenvalue weighted by Crippen LogP contribution is -2.42. The fourth-order valence-corrected chi connectivity index (χ4v) is 5.60. The van der Waals surface area contributed by atoms with Gasteiger partial charge in [-0.25, -0.2) is 8.42 Å². The van der Waals surface area contributed by atoms with E-state index in [1.807, 2.05) is 0 Å². The molecule has 0 radical (unpaired) electrons. The van der Waals surface area contributed by atoms with Crippen molar-refractivity contribution < 1.29 is 13.5 Å². The van der Waals surface area contributed by atoms with Crippen molar-refractivity contribution in [3.8, 4) is 0 Å². The lowest BCUT2D eigenvalue weighted by Gasteiger charge is -2.28. The zero-order valence-electron chi connectivity index (χ0n) is 10.9. The van der Waals surface area contributed by atoms with Crippen LogP contribution in [0.1, 0.15) is 25.7 Å². The summed E-state index contributed by atoms with van der Waals surface area (Å²) in [7, 11) is -3.60. The lowest BCUT2D eigenvalue weighted by molar-refractivity contribution is 0.186. The smallest absolute Gasteiger partial charge is 0.244 e. The van der Waals surface area contributed by atoms with Crippen LogP contribution in [0.3, 0.4) is 0 Å². The molecule has 4 nitrogen and oxygen atoms in total. The molecule has 1 aliphatic rings. The summed E-state index contributed by atoms with van der Waals surface area (Å²) in [5.41, 5.74) is 0. The maximum Gasteiger partial charge on any atom is 0.244 e. The van der Waals surface area contributed by atoms with E-state index in [9.17, 15) is 13.5 Å². The number of sulfonamides is 1. The second-order valence-corrected chi connectivity index (χ2v) is 8.51. The van der Waals surface area contributed by atoms with Gasteiger partial charge in [0, 0.05) is 21.5 Å². The van der Waals surface area contributed by atoms with Gasteiger partial charge in [0.05, 0.1) is 11.5 Å². The molecule has 1 heterocycles. The summed E-state index contributed by atoms with van der Waals surface area (Å²) in [5.74, 6) is 0.